The molecule has 4 amide bonds. The van der Waals surface area contributed by atoms with E-state index in [9.17, 15) is 19.5 Å². The van der Waals surface area contributed by atoms with Crippen LogP contribution in [0.2, 0.25) is 0 Å². The summed E-state index contributed by atoms with van der Waals surface area (Å²) in [6, 6.07) is 0.160. The Kier molecular flexibility index (Phi) is 6.74. The molecule has 5 N–H and O–H groups in total. The van der Waals surface area contributed by atoms with Crippen molar-refractivity contribution >= 4 is 50.3 Å². The molecule has 1 unspecified atom stereocenters. The number of thiophene rings is 1. The first kappa shape index (κ1) is 21.5. The number of carbonyl (C=O) groups is 3. The van der Waals surface area contributed by atoms with E-state index in [1.165, 1.54) is 16.2 Å². The lowest BCUT2D eigenvalue weighted by atomic mass is 9.80. The summed E-state index contributed by atoms with van der Waals surface area (Å²) >= 11 is 4.50. The molecule has 1 fully saturated rings. The Labute approximate surface area is 170 Å². The summed E-state index contributed by atoms with van der Waals surface area (Å²) in [7, 11) is 0. The van der Waals surface area contributed by atoms with Gasteiger partial charge in [0.05, 0.1) is 21.4 Å². The highest BCUT2D eigenvalue weighted by Gasteiger charge is 2.41. The van der Waals surface area contributed by atoms with Crippen molar-refractivity contribution in [2.75, 3.05) is 11.9 Å². The van der Waals surface area contributed by atoms with Gasteiger partial charge in [0.2, 0.25) is 0 Å². The zero-order valence-corrected chi connectivity index (χ0v) is 17.9. The second-order valence-electron chi connectivity index (χ2n) is 7.65. The topological polar surface area (TPSA) is 125 Å². The van der Waals surface area contributed by atoms with E-state index in [0.29, 0.717) is 27.3 Å². The van der Waals surface area contributed by atoms with Crippen molar-refractivity contribution in [3.05, 3.63) is 15.4 Å². The second-order valence-corrected chi connectivity index (χ2v) is 10.1. The Balaban J connectivity index is 2.31. The predicted molar refractivity (Wildman–Crippen MR) is 108 cm³/mol. The van der Waals surface area contributed by atoms with Crippen LogP contribution >= 0.6 is 27.3 Å². The Hall–Kier alpha value is -1.81. The van der Waals surface area contributed by atoms with Crippen molar-refractivity contribution in [1.82, 2.24) is 10.2 Å². The molecular formula is C17H25BrN4O4S. The molecule has 0 aliphatic carbocycles. The van der Waals surface area contributed by atoms with Crippen molar-refractivity contribution < 1.29 is 19.5 Å². The van der Waals surface area contributed by atoms with Crippen LogP contribution in [0, 0.1) is 5.41 Å². The van der Waals surface area contributed by atoms with Gasteiger partial charge in [-0.1, -0.05) is 20.8 Å². The van der Waals surface area contributed by atoms with Crippen LogP contribution in [-0.4, -0.2) is 46.7 Å². The van der Waals surface area contributed by atoms with E-state index in [4.69, 9.17) is 5.73 Å². The molecular weight excluding hydrogens is 436 g/mol. The molecule has 1 saturated heterocycles. The van der Waals surface area contributed by atoms with Gasteiger partial charge in [-0.05, 0) is 46.7 Å². The lowest BCUT2D eigenvalue weighted by Gasteiger charge is -2.42. The highest BCUT2D eigenvalue weighted by molar-refractivity contribution is 9.11. The van der Waals surface area contributed by atoms with Gasteiger partial charge in [-0.25, -0.2) is 9.59 Å². The molecule has 27 heavy (non-hydrogen) atoms. The van der Waals surface area contributed by atoms with Gasteiger partial charge < -0.3 is 21.1 Å². The fourth-order valence-electron chi connectivity index (χ4n) is 3.58. The van der Waals surface area contributed by atoms with Gasteiger partial charge in [-0.3, -0.25) is 10.1 Å². The van der Waals surface area contributed by atoms with Gasteiger partial charge in [0, 0.05) is 6.54 Å². The number of nitrogens with two attached hydrogens (primary N) is 1. The molecule has 2 rings (SSSR count). The van der Waals surface area contributed by atoms with Crippen molar-refractivity contribution in [3.63, 3.8) is 0 Å². The number of halogens is 1. The normalized spacial score (nSPS) is 20.7. The molecule has 150 valence electrons. The monoisotopic (exact) mass is 460 g/mol. The van der Waals surface area contributed by atoms with Crippen molar-refractivity contribution in [2.45, 2.75) is 52.1 Å². The van der Waals surface area contributed by atoms with Crippen molar-refractivity contribution in [3.8, 4) is 0 Å². The number of carboxylic acid groups (broad SMARTS) is 1. The minimum absolute atomic E-state index is 0.296. The molecule has 1 aromatic rings. The third-order valence-corrected chi connectivity index (χ3v) is 6.07. The standard InChI is InChI=1S/C17H25BrN4O4S/c1-17(2,3)12-10(6-4-5-7-22(12)16(25)26)20-13(23)9-8-11(18)27-14(9)21-15(19)24/h8,10,12H,4-7H2,1-3H3,(H,20,23)(H,25,26)(H3,19,21,24)/t10-,12?/m0/s1. The van der Waals surface area contributed by atoms with Crippen molar-refractivity contribution in [1.29, 1.82) is 0 Å². The smallest absolute Gasteiger partial charge is 0.407 e. The number of carbonyl (C=O) groups excluding carboxylic acids is 2. The number of hydrogen-bond donors (Lipinski definition) is 4. The number of primary amides is 1. The highest BCUT2D eigenvalue weighted by atomic mass is 79.9. The summed E-state index contributed by atoms with van der Waals surface area (Å²) in [5.41, 5.74) is 5.11. The van der Waals surface area contributed by atoms with E-state index in [1.807, 2.05) is 20.8 Å². The minimum Gasteiger partial charge on any atom is -0.465 e. The molecule has 0 aromatic carbocycles. The number of likely N-dealkylation sites (tertiary alicyclic amines) is 1. The summed E-state index contributed by atoms with van der Waals surface area (Å²) in [5, 5.41) is 15.5. The summed E-state index contributed by atoms with van der Waals surface area (Å²) in [6.45, 7) is 6.36. The number of urea groups is 1. The highest BCUT2D eigenvalue weighted by Crippen LogP contribution is 2.34. The lowest BCUT2D eigenvalue weighted by molar-refractivity contribution is 0.0618. The maximum atomic E-state index is 12.9. The molecule has 1 aliphatic rings. The summed E-state index contributed by atoms with van der Waals surface area (Å²) in [6.07, 6.45) is 1.27. The maximum Gasteiger partial charge on any atom is 0.407 e. The summed E-state index contributed by atoms with van der Waals surface area (Å²) in [5.74, 6) is -0.368. The van der Waals surface area contributed by atoms with Crippen LogP contribution in [0.15, 0.2) is 9.85 Å². The molecule has 10 heteroatoms. The van der Waals surface area contributed by atoms with Crippen LogP contribution in [-0.2, 0) is 0 Å². The zero-order chi connectivity index (χ0) is 20.4. The first-order valence-corrected chi connectivity index (χ1v) is 10.3. The Morgan fingerprint density at radius 2 is 2.00 bits per heavy atom. The molecule has 0 saturated carbocycles. The third-order valence-electron chi connectivity index (χ3n) is 4.51. The quantitative estimate of drug-likeness (QED) is 0.548. The second kappa shape index (κ2) is 8.47. The minimum atomic E-state index is -0.981. The SMILES string of the molecule is CC(C)(C)C1[C@@H](NC(=O)c2cc(Br)sc2NC(N)=O)CCCCN1C(=O)O. The number of nitrogens with zero attached hydrogens (tertiary/aromatic N) is 1. The molecule has 1 aromatic heterocycles. The van der Waals surface area contributed by atoms with E-state index in [-0.39, 0.29) is 23.4 Å². The fraction of sp³-hybridized carbons (Fsp3) is 0.588. The Morgan fingerprint density at radius 1 is 1.33 bits per heavy atom. The van der Waals surface area contributed by atoms with Crippen LogP contribution in [0.1, 0.15) is 50.4 Å². The molecule has 0 bridgehead atoms. The van der Waals surface area contributed by atoms with Gasteiger partial charge in [-0.15, -0.1) is 11.3 Å². The summed E-state index contributed by atoms with van der Waals surface area (Å²) < 4.78 is 0.678. The van der Waals surface area contributed by atoms with Gasteiger partial charge in [0.15, 0.2) is 0 Å². The fourth-order valence-corrected chi connectivity index (χ4v) is 5.08. The van der Waals surface area contributed by atoms with Crippen molar-refractivity contribution in [2.24, 2.45) is 11.1 Å². The van der Waals surface area contributed by atoms with E-state index >= 15 is 0 Å². The van der Waals surface area contributed by atoms with Crippen LogP contribution < -0.4 is 16.4 Å². The molecule has 0 radical (unpaired) electrons. The van der Waals surface area contributed by atoms with Crippen LogP contribution in [0.25, 0.3) is 0 Å². The number of hydrogen-bond acceptors (Lipinski definition) is 4. The van der Waals surface area contributed by atoms with Gasteiger partial charge in [0.25, 0.3) is 5.91 Å². The van der Waals surface area contributed by atoms with E-state index in [1.54, 1.807) is 6.07 Å². The Bertz CT molecular complexity index is 731. The molecule has 2 atom stereocenters. The number of anilines is 1. The maximum absolute atomic E-state index is 12.9. The molecule has 2 heterocycles. The molecule has 0 spiro atoms. The van der Waals surface area contributed by atoms with Gasteiger partial charge >= 0.3 is 12.1 Å². The van der Waals surface area contributed by atoms with Crippen LogP contribution in [0.3, 0.4) is 0 Å². The largest absolute Gasteiger partial charge is 0.465 e. The Morgan fingerprint density at radius 3 is 2.56 bits per heavy atom. The molecule has 1 aliphatic heterocycles. The first-order valence-electron chi connectivity index (χ1n) is 8.67. The van der Waals surface area contributed by atoms with E-state index in [2.05, 4.69) is 26.6 Å². The van der Waals surface area contributed by atoms with E-state index < -0.39 is 12.1 Å². The first-order chi connectivity index (χ1) is 12.5. The predicted octanol–water partition coefficient (Wildman–Crippen LogP) is 3.68. The van der Waals surface area contributed by atoms with Gasteiger partial charge in [-0.2, -0.15) is 0 Å². The molecule has 8 nitrogen and oxygen atoms in total. The summed E-state index contributed by atoms with van der Waals surface area (Å²) in [4.78, 5) is 37.3. The number of rotatable bonds is 3. The van der Waals surface area contributed by atoms with Crippen LogP contribution in [0.4, 0.5) is 14.6 Å². The average Bonchev–Trinajstić information content (AvgIpc) is 2.75. The lowest BCUT2D eigenvalue weighted by Crippen LogP contribution is -2.58. The average molecular weight is 461 g/mol. The number of nitrogens with one attached hydrogen (secondary N) is 2. The van der Waals surface area contributed by atoms with Crippen LogP contribution in [0.5, 0.6) is 0 Å². The van der Waals surface area contributed by atoms with E-state index in [0.717, 1.165) is 12.8 Å². The third kappa shape index (κ3) is 5.35. The number of amides is 4. The zero-order valence-electron chi connectivity index (χ0n) is 15.5. The van der Waals surface area contributed by atoms with Gasteiger partial charge in [0.1, 0.15) is 5.00 Å².